The standard InChI is InChI=1S/C13H10ClN3O/c1-6-2-3-9-7(4-6)10-11(17-9)8(13(15)18)5-16-12(10)14/h2-5,17H,1H3,(H2,15,18). The predicted molar refractivity (Wildman–Crippen MR) is 71.9 cm³/mol. The summed E-state index contributed by atoms with van der Waals surface area (Å²) >= 11 is 6.12. The maximum Gasteiger partial charge on any atom is 0.252 e. The van der Waals surface area contributed by atoms with E-state index in [4.69, 9.17) is 17.3 Å². The largest absolute Gasteiger partial charge is 0.365 e. The van der Waals surface area contributed by atoms with Crippen molar-refractivity contribution in [3.63, 3.8) is 0 Å². The highest BCUT2D eigenvalue weighted by Gasteiger charge is 2.15. The predicted octanol–water partition coefficient (Wildman–Crippen LogP) is 2.78. The van der Waals surface area contributed by atoms with E-state index in [0.29, 0.717) is 16.2 Å². The summed E-state index contributed by atoms with van der Waals surface area (Å²) in [6.45, 7) is 2.00. The van der Waals surface area contributed by atoms with E-state index in [2.05, 4.69) is 9.97 Å². The van der Waals surface area contributed by atoms with Gasteiger partial charge in [-0.3, -0.25) is 4.79 Å². The van der Waals surface area contributed by atoms with Gasteiger partial charge in [0.1, 0.15) is 5.15 Å². The molecule has 0 aliphatic heterocycles. The molecule has 4 nitrogen and oxygen atoms in total. The van der Waals surface area contributed by atoms with E-state index in [-0.39, 0.29) is 0 Å². The molecule has 3 aromatic rings. The number of carbonyl (C=O) groups excluding carboxylic acids is 1. The van der Waals surface area contributed by atoms with Crippen molar-refractivity contribution in [2.45, 2.75) is 6.92 Å². The molecule has 1 aromatic carbocycles. The molecule has 3 rings (SSSR count). The maximum atomic E-state index is 11.4. The lowest BCUT2D eigenvalue weighted by molar-refractivity contribution is 0.100. The van der Waals surface area contributed by atoms with Crippen LogP contribution in [0, 0.1) is 6.92 Å². The van der Waals surface area contributed by atoms with Crippen LogP contribution in [0.2, 0.25) is 5.15 Å². The number of aromatic amines is 1. The summed E-state index contributed by atoms with van der Waals surface area (Å²) in [5, 5.41) is 2.06. The number of halogens is 1. The molecule has 1 amide bonds. The van der Waals surface area contributed by atoms with E-state index in [1.807, 2.05) is 25.1 Å². The van der Waals surface area contributed by atoms with Crippen molar-refractivity contribution < 1.29 is 4.79 Å². The number of nitrogens with one attached hydrogen (secondary N) is 1. The first-order valence-electron chi connectivity index (χ1n) is 5.44. The number of aromatic nitrogens is 2. The Morgan fingerprint density at radius 1 is 1.44 bits per heavy atom. The fourth-order valence-corrected chi connectivity index (χ4v) is 2.40. The topological polar surface area (TPSA) is 71.8 Å². The third-order valence-corrected chi connectivity index (χ3v) is 3.29. The lowest BCUT2D eigenvalue weighted by atomic mass is 10.1. The zero-order chi connectivity index (χ0) is 12.9. The van der Waals surface area contributed by atoms with Gasteiger partial charge in [0.25, 0.3) is 5.91 Å². The molecule has 0 aliphatic carbocycles. The van der Waals surface area contributed by atoms with Crippen molar-refractivity contribution >= 4 is 39.3 Å². The minimum atomic E-state index is -0.521. The Morgan fingerprint density at radius 3 is 2.94 bits per heavy atom. The lowest BCUT2D eigenvalue weighted by Crippen LogP contribution is -2.11. The second-order valence-electron chi connectivity index (χ2n) is 4.25. The molecule has 0 saturated heterocycles. The Kier molecular flexibility index (Phi) is 2.28. The normalized spacial score (nSPS) is 11.2. The summed E-state index contributed by atoms with van der Waals surface area (Å²) in [5.74, 6) is -0.521. The summed E-state index contributed by atoms with van der Waals surface area (Å²) < 4.78 is 0. The minimum Gasteiger partial charge on any atom is -0.365 e. The van der Waals surface area contributed by atoms with Gasteiger partial charge in [-0.2, -0.15) is 0 Å². The zero-order valence-corrected chi connectivity index (χ0v) is 10.4. The summed E-state index contributed by atoms with van der Waals surface area (Å²) in [7, 11) is 0. The molecular weight excluding hydrogens is 250 g/mol. The Balaban J connectivity index is 2.56. The monoisotopic (exact) mass is 259 g/mol. The van der Waals surface area contributed by atoms with Crippen molar-refractivity contribution in [3.8, 4) is 0 Å². The molecule has 0 radical (unpaired) electrons. The van der Waals surface area contributed by atoms with Gasteiger partial charge in [0, 0.05) is 22.5 Å². The SMILES string of the molecule is Cc1ccc2[nH]c3c(C(N)=O)cnc(Cl)c3c2c1. The van der Waals surface area contributed by atoms with Crippen LogP contribution in [0.3, 0.4) is 0 Å². The summed E-state index contributed by atoms with van der Waals surface area (Å²) in [6.07, 6.45) is 1.40. The second-order valence-corrected chi connectivity index (χ2v) is 4.61. The third kappa shape index (κ3) is 1.46. The number of hydrogen-bond acceptors (Lipinski definition) is 2. The molecule has 0 fully saturated rings. The van der Waals surface area contributed by atoms with E-state index in [1.54, 1.807) is 0 Å². The number of H-pyrrole nitrogens is 1. The van der Waals surface area contributed by atoms with E-state index < -0.39 is 5.91 Å². The van der Waals surface area contributed by atoms with Gasteiger partial charge in [0.15, 0.2) is 0 Å². The molecule has 0 atom stereocenters. The molecule has 2 aromatic heterocycles. The van der Waals surface area contributed by atoms with Crippen molar-refractivity contribution in [1.82, 2.24) is 9.97 Å². The third-order valence-electron chi connectivity index (χ3n) is 3.00. The molecular formula is C13H10ClN3O. The first-order chi connectivity index (χ1) is 8.58. The number of primary amides is 1. The smallest absolute Gasteiger partial charge is 0.252 e. The fourth-order valence-electron chi connectivity index (χ4n) is 2.16. The van der Waals surface area contributed by atoms with Crippen molar-refractivity contribution in [3.05, 3.63) is 40.7 Å². The summed E-state index contributed by atoms with van der Waals surface area (Å²) in [4.78, 5) is 18.6. The molecule has 3 N–H and O–H groups in total. The van der Waals surface area contributed by atoms with Crippen LogP contribution >= 0.6 is 11.6 Å². The highest BCUT2D eigenvalue weighted by Crippen LogP contribution is 2.32. The van der Waals surface area contributed by atoms with Crippen LogP contribution < -0.4 is 5.73 Å². The molecule has 18 heavy (non-hydrogen) atoms. The number of rotatable bonds is 1. The van der Waals surface area contributed by atoms with Crippen LogP contribution in [0.5, 0.6) is 0 Å². The number of hydrogen-bond donors (Lipinski definition) is 2. The quantitative estimate of drug-likeness (QED) is 0.660. The highest BCUT2D eigenvalue weighted by molar-refractivity contribution is 6.37. The molecule has 0 spiro atoms. The van der Waals surface area contributed by atoms with E-state index in [1.165, 1.54) is 6.20 Å². The molecule has 5 heteroatoms. The summed E-state index contributed by atoms with van der Waals surface area (Å²) in [6, 6.07) is 5.95. The Hall–Kier alpha value is -2.07. The van der Waals surface area contributed by atoms with Crippen LogP contribution in [0.25, 0.3) is 21.8 Å². The zero-order valence-electron chi connectivity index (χ0n) is 9.62. The van der Waals surface area contributed by atoms with Gasteiger partial charge in [-0.15, -0.1) is 0 Å². The lowest BCUT2D eigenvalue weighted by Gasteiger charge is -1.99. The van der Waals surface area contributed by atoms with Crippen LogP contribution in [0.15, 0.2) is 24.4 Å². The fraction of sp³-hybridized carbons (Fsp3) is 0.0769. The van der Waals surface area contributed by atoms with E-state index in [0.717, 1.165) is 21.9 Å². The Morgan fingerprint density at radius 2 is 2.22 bits per heavy atom. The van der Waals surface area contributed by atoms with Crippen LogP contribution in [0.4, 0.5) is 0 Å². The number of amides is 1. The molecule has 0 unspecified atom stereocenters. The second kappa shape index (κ2) is 3.71. The van der Waals surface area contributed by atoms with Gasteiger partial charge in [0.2, 0.25) is 0 Å². The van der Waals surface area contributed by atoms with Gasteiger partial charge in [-0.25, -0.2) is 4.98 Å². The van der Waals surface area contributed by atoms with Crippen LogP contribution in [-0.4, -0.2) is 15.9 Å². The first kappa shape index (κ1) is 11.0. The Bertz CT molecular complexity index is 792. The number of nitrogens with two attached hydrogens (primary N) is 1. The van der Waals surface area contributed by atoms with Gasteiger partial charge < -0.3 is 10.7 Å². The number of aryl methyl sites for hydroxylation is 1. The van der Waals surface area contributed by atoms with E-state index in [9.17, 15) is 4.79 Å². The molecule has 2 heterocycles. The molecule has 0 aliphatic rings. The van der Waals surface area contributed by atoms with E-state index >= 15 is 0 Å². The number of pyridine rings is 1. The van der Waals surface area contributed by atoms with Gasteiger partial charge in [-0.05, 0) is 19.1 Å². The number of benzene rings is 1. The number of nitrogens with zero attached hydrogens (tertiary/aromatic N) is 1. The molecule has 0 bridgehead atoms. The Labute approximate surface area is 108 Å². The first-order valence-corrected chi connectivity index (χ1v) is 5.82. The van der Waals surface area contributed by atoms with Gasteiger partial charge in [-0.1, -0.05) is 23.2 Å². The number of fused-ring (bicyclic) bond motifs is 3. The van der Waals surface area contributed by atoms with Crippen molar-refractivity contribution in [2.24, 2.45) is 5.73 Å². The molecule has 90 valence electrons. The van der Waals surface area contributed by atoms with Gasteiger partial charge >= 0.3 is 0 Å². The van der Waals surface area contributed by atoms with Crippen molar-refractivity contribution in [1.29, 1.82) is 0 Å². The van der Waals surface area contributed by atoms with Crippen LogP contribution in [-0.2, 0) is 0 Å². The average molecular weight is 260 g/mol. The maximum absolute atomic E-state index is 11.4. The number of carbonyl (C=O) groups is 1. The average Bonchev–Trinajstić information content (AvgIpc) is 2.68. The van der Waals surface area contributed by atoms with Crippen molar-refractivity contribution in [2.75, 3.05) is 0 Å². The van der Waals surface area contributed by atoms with Gasteiger partial charge in [0.05, 0.1) is 11.1 Å². The highest BCUT2D eigenvalue weighted by atomic mass is 35.5. The molecule has 0 saturated carbocycles. The van der Waals surface area contributed by atoms with Crippen LogP contribution in [0.1, 0.15) is 15.9 Å². The minimum absolute atomic E-state index is 0.350. The summed E-state index contributed by atoms with van der Waals surface area (Å²) in [5.41, 5.74) is 8.36.